The molecule has 1 amide bonds. The van der Waals surface area contributed by atoms with Crippen LogP contribution in [0.3, 0.4) is 0 Å². The summed E-state index contributed by atoms with van der Waals surface area (Å²) in [5.74, 6) is -3.86. The van der Waals surface area contributed by atoms with E-state index in [9.17, 15) is 18.4 Å². The van der Waals surface area contributed by atoms with Crippen molar-refractivity contribution in [1.82, 2.24) is 5.32 Å². The van der Waals surface area contributed by atoms with E-state index in [2.05, 4.69) is 0 Å². The minimum atomic E-state index is -1.24. The molecule has 15 heavy (non-hydrogen) atoms. The molecule has 0 aromatic heterocycles. The van der Waals surface area contributed by atoms with Gasteiger partial charge in [0, 0.05) is 11.6 Å². The molecule has 1 rings (SSSR count). The number of halogens is 2. The second-order valence-corrected chi connectivity index (χ2v) is 2.73. The topological polar surface area (TPSA) is 66.4 Å². The largest absolute Gasteiger partial charge is 0.480 e. The Morgan fingerprint density at radius 1 is 1.20 bits per heavy atom. The van der Waals surface area contributed by atoms with E-state index in [4.69, 9.17) is 5.11 Å². The number of rotatable bonds is 3. The van der Waals surface area contributed by atoms with Gasteiger partial charge in [0.05, 0.1) is 0 Å². The van der Waals surface area contributed by atoms with Gasteiger partial charge in [-0.15, -0.1) is 0 Å². The minimum Gasteiger partial charge on any atom is -0.480 e. The third-order valence-electron chi connectivity index (χ3n) is 1.52. The van der Waals surface area contributed by atoms with Crippen LogP contribution in [0.4, 0.5) is 8.78 Å². The van der Waals surface area contributed by atoms with Crippen LogP contribution in [-0.4, -0.2) is 23.5 Å². The molecule has 1 aromatic rings. The Kier molecular flexibility index (Phi) is 3.33. The quantitative estimate of drug-likeness (QED) is 0.782. The summed E-state index contributed by atoms with van der Waals surface area (Å²) in [5, 5.41) is 10.2. The van der Waals surface area contributed by atoms with E-state index in [1.54, 1.807) is 0 Å². The molecule has 0 unspecified atom stereocenters. The maximum Gasteiger partial charge on any atom is 0.322 e. The number of carbonyl (C=O) groups excluding carboxylic acids is 1. The van der Waals surface area contributed by atoms with Crippen molar-refractivity contribution >= 4 is 11.9 Å². The number of benzene rings is 1. The molecule has 6 heteroatoms. The molecule has 0 fully saturated rings. The van der Waals surface area contributed by atoms with Gasteiger partial charge in [-0.05, 0) is 12.1 Å². The summed E-state index contributed by atoms with van der Waals surface area (Å²) < 4.78 is 25.3. The summed E-state index contributed by atoms with van der Waals surface area (Å²) in [5.41, 5.74) is -0.256. The number of nitrogens with one attached hydrogen (secondary N) is 1. The smallest absolute Gasteiger partial charge is 0.322 e. The molecule has 0 radical (unpaired) electrons. The highest BCUT2D eigenvalue weighted by atomic mass is 19.1. The van der Waals surface area contributed by atoms with Crippen molar-refractivity contribution in [3.8, 4) is 0 Å². The van der Waals surface area contributed by atoms with E-state index in [-0.39, 0.29) is 5.56 Å². The van der Waals surface area contributed by atoms with Gasteiger partial charge in [0.2, 0.25) is 0 Å². The van der Waals surface area contributed by atoms with E-state index in [0.29, 0.717) is 6.07 Å². The van der Waals surface area contributed by atoms with Gasteiger partial charge < -0.3 is 10.4 Å². The number of carboxylic acid groups (broad SMARTS) is 1. The van der Waals surface area contributed by atoms with Gasteiger partial charge in [0.25, 0.3) is 5.91 Å². The first-order valence-electron chi connectivity index (χ1n) is 3.95. The van der Waals surface area contributed by atoms with Gasteiger partial charge in [-0.3, -0.25) is 9.59 Å². The van der Waals surface area contributed by atoms with Crippen molar-refractivity contribution in [1.29, 1.82) is 0 Å². The van der Waals surface area contributed by atoms with Gasteiger partial charge in [-0.25, -0.2) is 8.78 Å². The second kappa shape index (κ2) is 4.50. The Labute approximate surface area is 83.5 Å². The normalized spacial score (nSPS) is 9.73. The molecule has 0 atom stereocenters. The highest BCUT2D eigenvalue weighted by molar-refractivity contribution is 5.95. The highest BCUT2D eigenvalue weighted by Crippen LogP contribution is 2.07. The van der Waals surface area contributed by atoms with Crippen molar-refractivity contribution in [2.24, 2.45) is 0 Å². The second-order valence-electron chi connectivity index (χ2n) is 2.73. The summed E-state index contributed by atoms with van der Waals surface area (Å²) in [7, 11) is 0. The van der Waals surface area contributed by atoms with Gasteiger partial charge in [0.15, 0.2) is 0 Å². The van der Waals surface area contributed by atoms with E-state index in [1.807, 2.05) is 5.32 Å². The monoisotopic (exact) mass is 215 g/mol. The van der Waals surface area contributed by atoms with Gasteiger partial charge in [-0.1, -0.05) is 0 Å². The molecule has 4 nitrogen and oxygen atoms in total. The van der Waals surface area contributed by atoms with Crippen LogP contribution in [0, 0.1) is 11.6 Å². The molecular formula is C9H7F2NO3. The predicted molar refractivity (Wildman–Crippen MR) is 46.3 cm³/mol. The summed E-state index contributed by atoms with van der Waals surface area (Å²) in [6.45, 7) is -0.600. The highest BCUT2D eigenvalue weighted by Gasteiger charge is 2.09. The first-order chi connectivity index (χ1) is 6.99. The molecule has 0 aliphatic rings. The zero-order valence-corrected chi connectivity index (χ0v) is 7.46. The summed E-state index contributed by atoms with van der Waals surface area (Å²) >= 11 is 0. The zero-order chi connectivity index (χ0) is 11.4. The molecule has 0 saturated carbocycles. The first kappa shape index (κ1) is 11.1. The summed E-state index contributed by atoms with van der Waals surface area (Å²) in [6.07, 6.45) is 0. The maximum atomic E-state index is 12.7. The minimum absolute atomic E-state index is 0.256. The Hall–Kier alpha value is -1.98. The molecule has 2 N–H and O–H groups in total. The lowest BCUT2D eigenvalue weighted by Gasteiger charge is -2.02. The molecule has 1 aromatic carbocycles. The standard InChI is InChI=1S/C9H7F2NO3/c10-6-1-5(2-7(11)3-6)9(15)12-4-8(13)14/h1-3H,4H2,(H,12,15)(H,13,14). The molecule has 80 valence electrons. The van der Waals surface area contributed by atoms with E-state index in [0.717, 1.165) is 12.1 Å². The molecule has 0 saturated heterocycles. The number of carbonyl (C=O) groups is 2. The van der Waals surface area contributed by atoms with Crippen LogP contribution in [0.15, 0.2) is 18.2 Å². The number of amides is 1. The van der Waals surface area contributed by atoms with Crippen LogP contribution in [0.1, 0.15) is 10.4 Å². The van der Waals surface area contributed by atoms with Gasteiger partial charge in [-0.2, -0.15) is 0 Å². The number of carboxylic acids is 1. The van der Waals surface area contributed by atoms with E-state index in [1.165, 1.54) is 0 Å². The van der Waals surface area contributed by atoms with Crippen LogP contribution in [0.2, 0.25) is 0 Å². The lowest BCUT2D eigenvalue weighted by Crippen LogP contribution is -2.29. The summed E-state index contributed by atoms with van der Waals surface area (Å²) in [4.78, 5) is 21.3. The average molecular weight is 215 g/mol. The Morgan fingerprint density at radius 2 is 1.73 bits per heavy atom. The fraction of sp³-hybridized carbons (Fsp3) is 0.111. The molecule has 0 aliphatic carbocycles. The van der Waals surface area contributed by atoms with E-state index >= 15 is 0 Å². The SMILES string of the molecule is O=C(O)CNC(=O)c1cc(F)cc(F)c1. The molecule has 0 aliphatic heterocycles. The number of hydrogen-bond donors (Lipinski definition) is 2. The lowest BCUT2D eigenvalue weighted by atomic mass is 10.2. The average Bonchev–Trinajstić information content (AvgIpc) is 2.12. The van der Waals surface area contributed by atoms with Crippen molar-refractivity contribution < 1.29 is 23.5 Å². The maximum absolute atomic E-state index is 12.7. The molecular weight excluding hydrogens is 208 g/mol. The van der Waals surface area contributed by atoms with Crippen molar-refractivity contribution in [2.75, 3.05) is 6.54 Å². The van der Waals surface area contributed by atoms with Crippen LogP contribution in [0.5, 0.6) is 0 Å². The Balaban J connectivity index is 2.77. The number of aliphatic carboxylic acids is 1. The van der Waals surface area contributed by atoms with Crippen LogP contribution < -0.4 is 5.32 Å². The zero-order valence-electron chi connectivity index (χ0n) is 7.46. The van der Waals surface area contributed by atoms with Crippen LogP contribution in [0.25, 0.3) is 0 Å². The Morgan fingerprint density at radius 3 is 2.20 bits per heavy atom. The predicted octanol–water partition coefficient (Wildman–Crippen LogP) is 0.779. The van der Waals surface area contributed by atoms with Gasteiger partial charge >= 0.3 is 5.97 Å². The van der Waals surface area contributed by atoms with Crippen molar-refractivity contribution in [2.45, 2.75) is 0 Å². The first-order valence-corrected chi connectivity index (χ1v) is 3.95. The third kappa shape index (κ3) is 3.34. The summed E-state index contributed by atoms with van der Waals surface area (Å²) in [6, 6.07) is 2.26. The number of hydrogen-bond acceptors (Lipinski definition) is 2. The van der Waals surface area contributed by atoms with Crippen LogP contribution in [-0.2, 0) is 4.79 Å². The van der Waals surface area contributed by atoms with Crippen molar-refractivity contribution in [3.63, 3.8) is 0 Å². The Bertz CT molecular complexity index is 386. The van der Waals surface area contributed by atoms with Crippen LogP contribution >= 0.6 is 0 Å². The van der Waals surface area contributed by atoms with Crippen molar-refractivity contribution in [3.05, 3.63) is 35.4 Å². The fourth-order valence-corrected chi connectivity index (χ4v) is 0.943. The molecule has 0 spiro atoms. The fourth-order valence-electron chi connectivity index (χ4n) is 0.943. The van der Waals surface area contributed by atoms with Gasteiger partial charge in [0.1, 0.15) is 18.2 Å². The van der Waals surface area contributed by atoms with E-state index < -0.39 is 30.1 Å². The molecule has 0 heterocycles. The lowest BCUT2D eigenvalue weighted by molar-refractivity contribution is -0.135. The molecule has 0 bridgehead atoms. The third-order valence-corrected chi connectivity index (χ3v) is 1.52.